The van der Waals surface area contributed by atoms with Gasteiger partial charge in [-0.25, -0.2) is 4.79 Å². The van der Waals surface area contributed by atoms with Crippen molar-refractivity contribution in [3.05, 3.63) is 20.9 Å². The third-order valence-corrected chi connectivity index (χ3v) is 5.56. The molecule has 27 heavy (non-hydrogen) atoms. The Morgan fingerprint density at radius 3 is 2.19 bits per heavy atom. The Labute approximate surface area is 157 Å². The Balaban J connectivity index is 0.000000321. The van der Waals surface area contributed by atoms with E-state index in [1.165, 1.54) is 16.2 Å². The summed E-state index contributed by atoms with van der Waals surface area (Å²) in [6.07, 6.45) is -1.00. The maximum Gasteiger partial charge on any atom is 0.490 e. The number of aryl methyl sites for hydroxylation is 1. The molecule has 1 aromatic heterocycles. The van der Waals surface area contributed by atoms with E-state index in [4.69, 9.17) is 15.6 Å². The lowest BCUT2D eigenvalue weighted by molar-refractivity contribution is -0.192. The number of carbonyl (C=O) groups excluding carboxylic acids is 2. The van der Waals surface area contributed by atoms with Gasteiger partial charge in [-0.05, 0) is 31.2 Å². The zero-order valence-corrected chi connectivity index (χ0v) is 15.2. The summed E-state index contributed by atoms with van der Waals surface area (Å²) in [6, 6.07) is 0. The average molecular weight is 407 g/mol. The molecular formula is C16H20F3N3O4S. The summed E-state index contributed by atoms with van der Waals surface area (Å²) >= 11 is 1.42. The highest BCUT2D eigenvalue weighted by atomic mass is 32.1. The highest BCUT2D eigenvalue weighted by molar-refractivity contribution is 7.14. The number of fused-ring (bicyclic) bond motifs is 1. The quantitative estimate of drug-likeness (QED) is 0.686. The molecule has 150 valence electrons. The van der Waals surface area contributed by atoms with Crippen LogP contribution in [0.15, 0.2) is 0 Å². The number of aliphatic carboxylic acids is 1. The number of piperazine rings is 1. The van der Waals surface area contributed by atoms with Crippen LogP contribution in [-0.4, -0.2) is 60.1 Å². The Bertz CT molecular complexity index is 727. The van der Waals surface area contributed by atoms with Crippen molar-refractivity contribution in [3.63, 3.8) is 0 Å². The fourth-order valence-electron chi connectivity index (χ4n) is 2.99. The standard InChI is InChI=1S/C14H19N3O2S.C2HF3O2/c15-13(18)12-11(9-3-1-2-4-10(9)20-12)14(19)17-7-5-16-6-8-17;3-2(4,5)1(6)7/h16H,1-8H2,(H2,15,18);(H,6,7). The largest absolute Gasteiger partial charge is 0.490 e. The number of nitrogens with one attached hydrogen (secondary N) is 1. The van der Waals surface area contributed by atoms with Crippen molar-refractivity contribution in [2.24, 2.45) is 5.73 Å². The van der Waals surface area contributed by atoms with Gasteiger partial charge in [-0.1, -0.05) is 0 Å². The van der Waals surface area contributed by atoms with Crippen LogP contribution in [0.4, 0.5) is 13.2 Å². The molecular weight excluding hydrogens is 387 g/mol. The van der Waals surface area contributed by atoms with Crippen LogP contribution in [0.5, 0.6) is 0 Å². The van der Waals surface area contributed by atoms with Crippen LogP contribution in [-0.2, 0) is 17.6 Å². The third-order valence-electron chi connectivity index (χ3n) is 4.26. The van der Waals surface area contributed by atoms with Crippen LogP contribution >= 0.6 is 11.3 Å². The summed E-state index contributed by atoms with van der Waals surface area (Å²) in [4.78, 5) is 36.8. The van der Waals surface area contributed by atoms with E-state index in [-0.39, 0.29) is 5.91 Å². The molecule has 4 N–H and O–H groups in total. The molecule has 3 rings (SSSR count). The molecule has 1 aromatic rings. The fraction of sp³-hybridized carbons (Fsp3) is 0.562. The molecule has 0 unspecified atom stereocenters. The second-order valence-electron chi connectivity index (χ2n) is 6.12. The molecule has 0 radical (unpaired) electrons. The maximum atomic E-state index is 12.8. The smallest absolute Gasteiger partial charge is 0.475 e. The number of thiophene rings is 1. The minimum Gasteiger partial charge on any atom is -0.475 e. The van der Waals surface area contributed by atoms with E-state index in [1.54, 1.807) is 0 Å². The molecule has 1 aliphatic carbocycles. The summed E-state index contributed by atoms with van der Waals surface area (Å²) in [5.74, 6) is -3.24. The number of carboxylic acids is 1. The van der Waals surface area contributed by atoms with Crippen molar-refractivity contribution >= 4 is 29.1 Å². The molecule has 0 atom stereocenters. The Morgan fingerprint density at radius 2 is 1.67 bits per heavy atom. The van der Waals surface area contributed by atoms with Gasteiger partial charge in [0.05, 0.1) is 5.56 Å². The number of hydrogen-bond donors (Lipinski definition) is 3. The molecule has 2 amide bonds. The lowest BCUT2D eigenvalue weighted by Crippen LogP contribution is -2.46. The predicted molar refractivity (Wildman–Crippen MR) is 91.9 cm³/mol. The van der Waals surface area contributed by atoms with E-state index in [9.17, 15) is 22.8 Å². The number of rotatable bonds is 2. The summed E-state index contributed by atoms with van der Waals surface area (Å²) in [6.45, 7) is 3.01. The van der Waals surface area contributed by atoms with Crippen molar-refractivity contribution in [2.75, 3.05) is 26.2 Å². The summed E-state index contributed by atoms with van der Waals surface area (Å²) < 4.78 is 31.7. The fourth-order valence-corrected chi connectivity index (χ4v) is 4.22. The van der Waals surface area contributed by atoms with E-state index >= 15 is 0 Å². The van der Waals surface area contributed by atoms with E-state index < -0.39 is 18.1 Å². The number of nitrogens with two attached hydrogens (primary N) is 1. The topological polar surface area (TPSA) is 113 Å². The van der Waals surface area contributed by atoms with Crippen LogP contribution in [0.1, 0.15) is 43.3 Å². The van der Waals surface area contributed by atoms with Crippen LogP contribution < -0.4 is 11.1 Å². The third kappa shape index (κ3) is 5.19. The van der Waals surface area contributed by atoms with Crippen molar-refractivity contribution in [1.82, 2.24) is 10.2 Å². The first kappa shape index (κ1) is 21.2. The molecule has 0 aromatic carbocycles. The van der Waals surface area contributed by atoms with E-state index in [1.807, 2.05) is 4.90 Å². The lowest BCUT2D eigenvalue weighted by Gasteiger charge is -2.28. The Hall–Kier alpha value is -2.14. The summed E-state index contributed by atoms with van der Waals surface area (Å²) in [7, 11) is 0. The first-order chi connectivity index (χ1) is 12.6. The Morgan fingerprint density at radius 1 is 1.11 bits per heavy atom. The van der Waals surface area contributed by atoms with Gasteiger partial charge < -0.3 is 21.1 Å². The number of alkyl halides is 3. The number of carboxylic acid groups (broad SMARTS) is 1. The van der Waals surface area contributed by atoms with Crippen molar-refractivity contribution in [1.29, 1.82) is 0 Å². The monoisotopic (exact) mass is 407 g/mol. The number of carbonyl (C=O) groups is 3. The second kappa shape index (κ2) is 8.70. The van der Waals surface area contributed by atoms with Gasteiger partial charge in [0.1, 0.15) is 4.88 Å². The van der Waals surface area contributed by atoms with Gasteiger partial charge in [0.25, 0.3) is 11.8 Å². The van der Waals surface area contributed by atoms with Crippen LogP contribution in [0.2, 0.25) is 0 Å². The summed E-state index contributed by atoms with van der Waals surface area (Å²) in [5, 5.41) is 10.4. The zero-order chi connectivity index (χ0) is 20.2. The molecule has 0 saturated carbocycles. The molecule has 0 bridgehead atoms. The first-order valence-corrected chi connectivity index (χ1v) is 9.19. The maximum absolute atomic E-state index is 12.8. The molecule has 1 fully saturated rings. The van der Waals surface area contributed by atoms with Crippen molar-refractivity contribution < 1.29 is 32.7 Å². The first-order valence-electron chi connectivity index (χ1n) is 8.37. The number of amides is 2. The van der Waals surface area contributed by atoms with Crippen molar-refractivity contribution in [2.45, 2.75) is 31.9 Å². The highest BCUT2D eigenvalue weighted by Crippen LogP contribution is 2.35. The van der Waals surface area contributed by atoms with Crippen LogP contribution in [0.25, 0.3) is 0 Å². The second-order valence-corrected chi connectivity index (χ2v) is 7.23. The number of halogens is 3. The molecule has 2 heterocycles. The molecule has 1 aliphatic heterocycles. The van der Waals surface area contributed by atoms with Crippen LogP contribution in [0.3, 0.4) is 0 Å². The molecule has 2 aliphatic rings. The average Bonchev–Trinajstić information content (AvgIpc) is 3.01. The van der Waals surface area contributed by atoms with E-state index in [0.29, 0.717) is 23.5 Å². The Kier molecular flexibility index (Phi) is 6.82. The van der Waals surface area contributed by atoms with E-state index in [0.717, 1.165) is 44.3 Å². The SMILES string of the molecule is NC(=O)c1sc2c(c1C(=O)N1CCNCC1)CCCC2.O=C(O)C(F)(F)F. The number of hydrogen-bond acceptors (Lipinski definition) is 5. The molecule has 0 spiro atoms. The summed E-state index contributed by atoms with van der Waals surface area (Å²) in [5.41, 5.74) is 7.16. The number of primary amides is 1. The van der Waals surface area contributed by atoms with Crippen LogP contribution in [0, 0.1) is 0 Å². The van der Waals surface area contributed by atoms with Gasteiger partial charge in [-0.15, -0.1) is 11.3 Å². The molecule has 11 heteroatoms. The van der Waals surface area contributed by atoms with Gasteiger partial charge in [0.2, 0.25) is 0 Å². The molecule has 7 nitrogen and oxygen atoms in total. The van der Waals surface area contributed by atoms with Gasteiger partial charge in [0.15, 0.2) is 0 Å². The minimum atomic E-state index is -5.08. The highest BCUT2D eigenvalue weighted by Gasteiger charge is 2.38. The van der Waals surface area contributed by atoms with Gasteiger partial charge in [0, 0.05) is 31.1 Å². The van der Waals surface area contributed by atoms with Gasteiger partial charge in [-0.2, -0.15) is 13.2 Å². The normalized spacial score (nSPS) is 16.8. The molecule has 1 saturated heterocycles. The number of nitrogens with zero attached hydrogens (tertiary/aromatic N) is 1. The predicted octanol–water partition coefficient (Wildman–Crippen LogP) is 1.40. The van der Waals surface area contributed by atoms with Crippen molar-refractivity contribution in [3.8, 4) is 0 Å². The lowest BCUT2D eigenvalue weighted by atomic mass is 9.94. The van der Waals surface area contributed by atoms with E-state index in [2.05, 4.69) is 5.32 Å². The van der Waals surface area contributed by atoms with Gasteiger partial charge >= 0.3 is 12.1 Å². The zero-order valence-electron chi connectivity index (χ0n) is 14.4. The minimum absolute atomic E-state index is 0.0142. The van der Waals surface area contributed by atoms with Gasteiger partial charge in [-0.3, -0.25) is 9.59 Å².